The molecule has 1 N–H and O–H groups in total. The number of thiophene rings is 1. The molecular formula is C18H19NO2S. The molecule has 4 rings (SSSR count). The fourth-order valence-corrected chi connectivity index (χ4v) is 4.47. The summed E-state index contributed by atoms with van der Waals surface area (Å²) in [4.78, 5) is 14.5. The topological polar surface area (TPSA) is 38.3 Å². The van der Waals surface area contributed by atoms with Crippen molar-refractivity contribution in [2.45, 2.75) is 31.8 Å². The molecule has 2 aromatic rings. The lowest BCUT2D eigenvalue weighted by atomic mass is 9.91. The van der Waals surface area contributed by atoms with Crippen LogP contribution in [0, 0.1) is 0 Å². The van der Waals surface area contributed by atoms with Crippen molar-refractivity contribution < 1.29 is 9.53 Å². The Kier molecular flexibility index (Phi) is 3.72. The summed E-state index contributed by atoms with van der Waals surface area (Å²) in [6.07, 6.45) is 4.44. The molecule has 1 amide bonds. The zero-order valence-electron chi connectivity index (χ0n) is 12.4. The number of hydrogen-bond donors (Lipinski definition) is 1. The zero-order valence-corrected chi connectivity index (χ0v) is 13.2. The first-order valence-electron chi connectivity index (χ1n) is 7.92. The lowest BCUT2D eigenvalue weighted by Gasteiger charge is -2.15. The second-order valence-electron chi connectivity index (χ2n) is 5.97. The number of carbonyl (C=O) groups is 1. The maximum absolute atomic E-state index is 12.4. The standard InChI is InChI=1S/C18H19NO2S/c20-18(19-11-14-5-3-9-21-14)16-10-13-8-7-12-4-1-2-6-15(12)17(13)22-16/h1-2,4,6,10,14H,3,5,7-9,11H2,(H,19,20). The van der Waals surface area contributed by atoms with Gasteiger partial charge in [0.25, 0.3) is 5.91 Å². The number of carbonyl (C=O) groups excluding carboxylic acids is 1. The first-order valence-corrected chi connectivity index (χ1v) is 8.74. The Balaban J connectivity index is 1.52. The molecule has 1 aromatic carbocycles. The SMILES string of the molecule is O=C(NCC1CCCO1)c1cc2c(s1)-c1ccccc1CC2. The molecule has 1 aliphatic carbocycles. The van der Waals surface area contributed by atoms with E-state index in [0.717, 1.165) is 37.2 Å². The molecule has 1 saturated heterocycles. The van der Waals surface area contributed by atoms with E-state index in [0.29, 0.717) is 6.54 Å². The third kappa shape index (κ3) is 2.57. The smallest absolute Gasteiger partial charge is 0.261 e. The van der Waals surface area contributed by atoms with Gasteiger partial charge < -0.3 is 10.1 Å². The number of ether oxygens (including phenoxy) is 1. The largest absolute Gasteiger partial charge is 0.376 e. The maximum Gasteiger partial charge on any atom is 0.261 e. The van der Waals surface area contributed by atoms with Crippen molar-refractivity contribution in [3.05, 3.63) is 46.3 Å². The predicted molar refractivity (Wildman–Crippen MR) is 88.5 cm³/mol. The molecule has 1 aliphatic heterocycles. The van der Waals surface area contributed by atoms with Crippen LogP contribution in [0.3, 0.4) is 0 Å². The van der Waals surface area contributed by atoms with E-state index in [4.69, 9.17) is 4.74 Å². The maximum atomic E-state index is 12.4. The van der Waals surface area contributed by atoms with Crippen LogP contribution in [0.5, 0.6) is 0 Å². The van der Waals surface area contributed by atoms with Crippen LogP contribution in [0.15, 0.2) is 30.3 Å². The summed E-state index contributed by atoms with van der Waals surface area (Å²) in [6.45, 7) is 1.45. The van der Waals surface area contributed by atoms with Crippen LogP contribution < -0.4 is 5.32 Å². The van der Waals surface area contributed by atoms with Gasteiger partial charge in [0.1, 0.15) is 0 Å². The molecule has 1 fully saturated rings. The van der Waals surface area contributed by atoms with Crippen LogP contribution in [0.4, 0.5) is 0 Å². The molecule has 22 heavy (non-hydrogen) atoms. The number of hydrogen-bond acceptors (Lipinski definition) is 3. The van der Waals surface area contributed by atoms with Crippen molar-refractivity contribution in [3.63, 3.8) is 0 Å². The molecule has 114 valence electrons. The molecular weight excluding hydrogens is 294 g/mol. The third-order valence-electron chi connectivity index (χ3n) is 4.47. The summed E-state index contributed by atoms with van der Waals surface area (Å²) in [5, 5.41) is 3.02. The molecule has 2 heterocycles. The fourth-order valence-electron chi connectivity index (χ4n) is 3.28. The minimum atomic E-state index is 0.0346. The van der Waals surface area contributed by atoms with Gasteiger partial charge in [0.15, 0.2) is 0 Å². The Bertz CT molecular complexity index is 701. The molecule has 3 nitrogen and oxygen atoms in total. The fraction of sp³-hybridized carbons (Fsp3) is 0.389. The van der Waals surface area contributed by atoms with E-state index in [1.54, 1.807) is 11.3 Å². The quantitative estimate of drug-likeness (QED) is 0.943. The molecule has 0 radical (unpaired) electrons. The predicted octanol–water partition coefficient (Wildman–Crippen LogP) is 3.42. The summed E-state index contributed by atoms with van der Waals surface area (Å²) in [6, 6.07) is 10.6. The van der Waals surface area contributed by atoms with Gasteiger partial charge in [-0.1, -0.05) is 24.3 Å². The number of fused-ring (bicyclic) bond motifs is 3. The van der Waals surface area contributed by atoms with Crippen LogP contribution in [-0.4, -0.2) is 25.2 Å². The number of aryl methyl sites for hydroxylation is 2. The molecule has 1 atom stereocenters. The Morgan fingerprint density at radius 3 is 3.00 bits per heavy atom. The van der Waals surface area contributed by atoms with Gasteiger partial charge in [-0.2, -0.15) is 0 Å². The van der Waals surface area contributed by atoms with E-state index in [1.807, 2.05) is 0 Å². The van der Waals surface area contributed by atoms with Gasteiger partial charge in [0.05, 0.1) is 11.0 Å². The average molecular weight is 313 g/mol. The summed E-state index contributed by atoms with van der Waals surface area (Å²) >= 11 is 1.62. The average Bonchev–Trinajstić information content (AvgIpc) is 3.21. The minimum Gasteiger partial charge on any atom is -0.376 e. The van der Waals surface area contributed by atoms with Crippen LogP contribution in [-0.2, 0) is 17.6 Å². The highest BCUT2D eigenvalue weighted by Crippen LogP contribution is 2.39. The molecule has 4 heteroatoms. The number of amides is 1. The van der Waals surface area contributed by atoms with Crippen molar-refractivity contribution in [1.82, 2.24) is 5.32 Å². The van der Waals surface area contributed by atoms with Gasteiger partial charge in [-0.3, -0.25) is 4.79 Å². The number of benzene rings is 1. The minimum absolute atomic E-state index is 0.0346. The van der Waals surface area contributed by atoms with Crippen molar-refractivity contribution in [2.75, 3.05) is 13.2 Å². The monoisotopic (exact) mass is 313 g/mol. The zero-order chi connectivity index (χ0) is 14.9. The first kappa shape index (κ1) is 14.0. The van der Waals surface area contributed by atoms with Crippen LogP contribution >= 0.6 is 11.3 Å². The second kappa shape index (κ2) is 5.86. The van der Waals surface area contributed by atoms with Gasteiger partial charge in [0.2, 0.25) is 0 Å². The number of rotatable bonds is 3. The molecule has 1 aromatic heterocycles. The van der Waals surface area contributed by atoms with E-state index >= 15 is 0 Å². The molecule has 0 spiro atoms. The van der Waals surface area contributed by atoms with Gasteiger partial charge in [-0.05, 0) is 48.4 Å². The van der Waals surface area contributed by atoms with Gasteiger partial charge in [-0.25, -0.2) is 0 Å². The van der Waals surface area contributed by atoms with Crippen LogP contribution in [0.1, 0.15) is 33.6 Å². The third-order valence-corrected chi connectivity index (χ3v) is 5.68. The van der Waals surface area contributed by atoms with Crippen molar-refractivity contribution in [2.24, 2.45) is 0 Å². The van der Waals surface area contributed by atoms with E-state index in [-0.39, 0.29) is 12.0 Å². The number of nitrogens with one attached hydrogen (secondary N) is 1. The van der Waals surface area contributed by atoms with Crippen molar-refractivity contribution in [1.29, 1.82) is 0 Å². The van der Waals surface area contributed by atoms with Gasteiger partial charge in [-0.15, -0.1) is 11.3 Å². The van der Waals surface area contributed by atoms with E-state index < -0.39 is 0 Å². The van der Waals surface area contributed by atoms with Crippen LogP contribution in [0.25, 0.3) is 10.4 Å². The Morgan fingerprint density at radius 1 is 1.27 bits per heavy atom. The molecule has 1 unspecified atom stereocenters. The first-order chi connectivity index (χ1) is 10.8. The van der Waals surface area contributed by atoms with Gasteiger partial charge in [0, 0.05) is 18.0 Å². The Morgan fingerprint density at radius 2 is 2.14 bits per heavy atom. The Labute approximate surface area is 134 Å². The highest BCUT2D eigenvalue weighted by Gasteiger charge is 2.22. The summed E-state index contributed by atoms with van der Waals surface area (Å²) in [7, 11) is 0. The molecule has 0 saturated carbocycles. The Hall–Kier alpha value is -1.65. The lowest BCUT2D eigenvalue weighted by molar-refractivity contribution is 0.0861. The summed E-state index contributed by atoms with van der Waals surface area (Å²) in [5.41, 5.74) is 4.00. The molecule has 0 bridgehead atoms. The second-order valence-corrected chi connectivity index (χ2v) is 7.02. The lowest BCUT2D eigenvalue weighted by Crippen LogP contribution is -2.31. The highest BCUT2D eigenvalue weighted by atomic mass is 32.1. The summed E-state index contributed by atoms with van der Waals surface area (Å²) < 4.78 is 5.56. The van der Waals surface area contributed by atoms with E-state index in [9.17, 15) is 4.79 Å². The van der Waals surface area contributed by atoms with Crippen molar-refractivity contribution >= 4 is 17.2 Å². The van der Waals surface area contributed by atoms with Crippen LogP contribution in [0.2, 0.25) is 0 Å². The highest BCUT2D eigenvalue weighted by molar-refractivity contribution is 7.17. The van der Waals surface area contributed by atoms with E-state index in [2.05, 4.69) is 35.6 Å². The normalized spacial score (nSPS) is 19.5. The summed E-state index contributed by atoms with van der Waals surface area (Å²) in [5.74, 6) is 0.0346. The molecule has 2 aliphatic rings. The van der Waals surface area contributed by atoms with Crippen molar-refractivity contribution in [3.8, 4) is 10.4 Å². The van der Waals surface area contributed by atoms with Gasteiger partial charge >= 0.3 is 0 Å². The van der Waals surface area contributed by atoms with E-state index in [1.165, 1.54) is 21.6 Å².